The van der Waals surface area contributed by atoms with E-state index in [9.17, 15) is 8.42 Å². The van der Waals surface area contributed by atoms with Gasteiger partial charge in [0.1, 0.15) is 11.4 Å². The van der Waals surface area contributed by atoms with Crippen LogP contribution < -0.4 is 14.2 Å². The molecule has 3 rings (SSSR count). The summed E-state index contributed by atoms with van der Waals surface area (Å²) in [7, 11) is -2.05. The molecule has 0 aliphatic heterocycles. The van der Waals surface area contributed by atoms with Crippen LogP contribution in [-0.2, 0) is 10.0 Å². The third-order valence-electron chi connectivity index (χ3n) is 4.97. The first-order valence-electron chi connectivity index (χ1n) is 9.32. The van der Waals surface area contributed by atoms with E-state index in [0.717, 1.165) is 43.3 Å². The Kier molecular flexibility index (Phi) is 5.79. The van der Waals surface area contributed by atoms with Crippen LogP contribution in [0.25, 0.3) is 11.3 Å². The molecule has 1 heterocycles. The van der Waals surface area contributed by atoms with Gasteiger partial charge in [-0.15, -0.1) is 10.2 Å². The molecule has 1 saturated carbocycles. The van der Waals surface area contributed by atoms with Gasteiger partial charge in [0.05, 0.1) is 25.2 Å². The lowest BCUT2D eigenvalue weighted by Gasteiger charge is -2.34. The number of methoxy groups -OCH3 is 1. The zero-order valence-corrected chi connectivity index (χ0v) is 17.5. The zero-order valence-electron chi connectivity index (χ0n) is 16.7. The van der Waals surface area contributed by atoms with Gasteiger partial charge in [0.25, 0.3) is 5.88 Å². The first-order chi connectivity index (χ1) is 13.1. The summed E-state index contributed by atoms with van der Waals surface area (Å²) in [6.45, 7) is 4.60. The van der Waals surface area contributed by atoms with Crippen LogP contribution >= 0.6 is 0 Å². The van der Waals surface area contributed by atoms with Gasteiger partial charge in [0.2, 0.25) is 10.0 Å². The molecule has 0 unspecified atom stereocenters. The highest BCUT2D eigenvalue weighted by Gasteiger charge is 2.27. The van der Waals surface area contributed by atoms with Gasteiger partial charge in [-0.1, -0.05) is 26.0 Å². The lowest BCUT2D eigenvalue weighted by molar-refractivity contribution is 0.0988. The van der Waals surface area contributed by atoms with E-state index < -0.39 is 10.0 Å². The van der Waals surface area contributed by atoms with E-state index in [1.54, 1.807) is 6.07 Å². The van der Waals surface area contributed by atoms with Crippen molar-refractivity contribution in [3.05, 3.63) is 30.3 Å². The fraction of sp³-hybridized carbons (Fsp3) is 0.500. The average Bonchev–Trinajstić information content (AvgIpc) is 2.62. The second-order valence-electron chi connectivity index (χ2n) is 8.04. The van der Waals surface area contributed by atoms with Gasteiger partial charge >= 0.3 is 0 Å². The van der Waals surface area contributed by atoms with Gasteiger partial charge in [-0.25, -0.2) is 8.42 Å². The largest absolute Gasteiger partial charge is 0.490 e. The lowest BCUT2D eigenvalue weighted by Crippen LogP contribution is -2.28. The predicted molar refractivity (Wildman–Crippen MR) is 109 cm³/mol. The fourth-order valence-electron chi connectivity index (χ4n) is 3.36. The number of hydrogen-bond acceptors (Lipinski definition) is 6. The third kappa shape index (κ3) is 5.34. The van der Waals surface area contributed by atoms with Gasteiger partial charge in [-0.2, -0.15) is 0 Å². The molecular weight excluding hydrogens is 378 g/mol. The summed E-state index contributed by atoms with van der Waals surface area (Å²) in [6, 6.07) is 9.22. The van der Waals surface area contributed by atoms with Crippen LogP contribution in [0.15, 0.2) is 30.3 Å². The Morgan fingerprint density at radius 2 is 1.86 bits per heavy atom. The Morgan fingerprint density at radius 1 is 1.14 bits per heavy atom. The van der Waals surface area contributed by atoms with Crippen molar-refractivity contribution in [3.63, 3.8) is 0 Å². The summed E-state index contributed by atoms with van der Waals surface area (Å²) in [5.41, 5.74) is 1.96. The van der Waals surface area contributed by atoms with Crippen LogP contribution in [0.5, 0.6) is 11.6 Å². The molecule has 7 nitrogen and oxygen atoms in total. The second kappa shape index (κ2) is 7.95. The number of rotatable bonds is 6. The van der Waals surface area contributed by atoms with Crippen molar-refractivity contribution in [1.82, 2.24) is 10.2 Å². The Morgan fingerprint density at radius 3 is 2.50 bits per heavy atom. The van der Waals surface area contributed by atoms with E-state index in [-0.39, 0.29) is 17.7 Å². The van der Waals surface area contributed by atoms with E-state index in [4.69, 9.17) is 9.47 Å². The van der Waals surface area contributed by atoms with Gasteiger partial charge in [0, 0.05) is 5.56 Å². The van der Waals surface area contributed by atoms with Crippen molar-refractivity contribution in [3.8, 4) is 22.9 Å². The molecule has 28 heavy (non-hydrogen) atoms. The molecule has 2 aromatic rings. The van der Waals surface area contributed by atoms with E-state index in [1.165, 1.54) is 7.11 Å². The standard InChI is InChI=1S/C20H27N3O4S/c1-20(2)10-8-15(9-11-20)27-16-7-5-6-14(12-16)17-13-18(23-28(4,24)25)19(26-3)22-21-17/h5-7,12-13,15H,8-11H2,1-4H3,(H,21,23). The number of hydrogen-bond donors (Lipinski definition) is 1. The van der Waals surface area contributed by atoms with E-state index >= 15 is 0 Å². The van der Waals surface area contributed by atoms with Gasteiger partial charge in [-0.3, -0.25) is 4.72 Å². The normalized spacial score (nSPS) is 17.1. The molecule has 0 radical (unpaired) electrons. The molecule has 1 N–H and O–H groups in total. The van der Waals surface area contributed by atoms with E-state index in [0.29, 0.717) is 11.1 Å². The predicted octanol–water partition coefficient (Wildman–Crippen LogP) is 3.87. The van der Waals surface area contributed by atoms with Gasteiger partial charge < -0.3 is 9.47 Å². The van der Waals surface area contributed by atoms with E-state index in [1.807, 2.05) is 24.3 Å². The number of ether oxygens (including phenoxy) is 2. The molecule has 1 aromatic carbocycles. The highest BCUT2D eigenvalue weighted by atomic mass is 32.2. The van der Waals surface area contributed by atoms with Crippen molar-refractivity contribution in [2.24, 2.45) is 5.41 Å². The van der Waals surface area contributed by atoms with Gasteiger partial charge in [0.15, 0.2) is 0 Å². The number of nitrogens with one attached hydrogen (secondary N) is 1. The molecule has 0 saturated heterocycles. The fourth-order valence-corrected chi connectivity index (χ4v) is 3.90. The van der Waals surface area contributed by atoms with Crippen LogP contribution in [0.3, 0.4) is 0 Å². The van der Waals surface area contributed by atoms with Crippen molar-refractivity contribution < 1.29 is 17.9 Å². The number of aromatic nitrogens is 2. The summed E-state index contributed by atoms with van der Waals surface area (Å²) in [4.78, 5) is 0. The summed E-state index contributed by atoms with van der Waals surface area (Å²) >= 11 is 0. The van der Waals surface area contributed by atoms with Gasteiger partial charge in [-0.05, 0) is 49.3 Å². The highest BCUT2D eigenvalue weighted by molar-refractivity contribution is 7.92. The van der Waals surface area contributed by atoms with E-state index in [2.05, 4.69) is 28.8 Å². The maximum Gasteiger partial charge on any atom is 0.257 e. The first kappa shape index (κ1) is 20.4. The molecule has 8 heteroatoms. The minimum Gasteiger partial charge on any atom is -0.490 e. The average molecular weight is 406 g/mol. The van der Waals surface area contributed by atoms with Crippen molar-refractivity contribution in [2.75, 3.05) is 18.1 Å². The molecule has 1 aliphatic rings. The summed E-state index contributed by atoms with van der Waals surface area (Å²) in [6.07, 6.45) is 5.69. The summed E-state index contributed by atoms with van der Waals surface area (Å²) in [5, 5.41) is 8.13. The SMILES string of the molecule is COc1nnc(-c2cccc(OC3CCC(C)(C)CC3)c2)cc1NS(C)(=O)=O. The highest BCUT2D eigenvalue weighted by Crippen LogP contribution is 2.37. The molecule has 0 atom stereocenters. The Hall–Kier alpha value is -2.35. The van der Waals surface area contributed by atoms with Crippen molar-refractivity contribution in [2.45, 2.75) is 45.6 Å². The second-order valence-corrected chi connectivity index (χ2v) is 9.78. The third-order valence-corrected chi connectivity index (χ3v) is 5.56. The van der Waals surface area contributed by atoms with Crippen LogP contribution in [0.4, 0.5) is 5.69 Å². The van der Waals surface area contributed by atoms with Crippen LogP contribution in [-0.4, -0.2) is 38.1 Å². The molecule has 152 valence electrons. The Bertz CT molecular complexity index is 934. The molecule has 1 aromatic heterocycles. The number of benzene rings is 1. The maximum atomic E-state index is 11.6. The molecule has 0 bridgehead atoms. The van der Waals surface area contributed by atoms with Crippen LogP contribution in [0.2, 0.25) is 0 Å². The minimum atomic E-state index is -3.47. The lowest BCUT2D eigenvalue weighted by atomic mass is 9.76. The van der Waals surface area contributed by atoms with Crippen molar-refractivity contribution in [1.29, 1.82) is 0 Å². The Labute approximate surface area is 166 Å². The Balaban J connectivity index is 1.81. The molecule has 0 amide bonds. The number of nitrogens with zero attached hydrogens (tertiary/aromatic N) is 2. The maximum absolute atomic E-state index is 11.6. The summed E-state index contributed by atoms with van der Waals surface area (Å²) < 4.78 is 36.9. The molecule has 1 fully saturated rings. The van der Waals surface area contributed by atoms with Crippen molar-refractivity contribution >= 4 is 15.7 Å². The quantitative estimate of drug-likeness (QED) is 0.784. The monoisotopic (exact) mass is 405 g/mol. The zero-order chi connectivity index (χ0) is 20.4. The molecule has 0 spiro atoms. The molecule has 1 aliphatic carbocycles. The number of sulfonamides is 1. The first-order valence-corrected chi connectivity index (χ1v) is 11.2. The minimum absolute atomic E-state index is 0.117. The topological polar surface area (TPSA) is 90.4 Å². The summed E-state index contributed by atoms with van der Waals surface area (Å²) in [5.74, 6) is 0.892. The smallest absolute Gasteiger partial charge is 0.257 e. The molecular formula is C20H27N3O4S. The van der Waals surface area contributed by atoms with Crippen LogP contribution in [0, 0.1) is 5.41 Å². The van der Waals surface area contributed by atoms with Crippen LogP contribution in [0.1, 0.15) is 39.5 Å². The number of anilines is 1.